The lowest BCUT2D eigenvalue weighted by Gasteiger charge is -2.20. The molecule has 0 aromatic rings. The van der Waals surface area contributed by atoms with Crippen molar-refractivity contribution < 1.29 is 20.1 Å². The Kier molecular flexibility index (Phi) is 34.3. The molecule has 0 heterocycles. The minimum Gasteiger partial charge on any atom is -0.394 e. The highest BCUT2D eigenvalue weighted by Gasteiger charge is 2.20. The lowest BCUT2D eigenvalue weighted by atomic mass is 10.0. The Balaban J connectivity index is 3.70. The van der Waals surface area contributed by atoms with Crippen LogP contribution < -0.4 is 5.32 Å². The van der Waals surface area contributed by atoms with Crippen molar-refractivity contribution in [3.05, 3.63) is 36.5 Å². The van der Waals surface area contributed by atoms with Crippen molar-refractivity contribution in [3.63, 3.8) is 0 Å². The van der Waals surface area contributed by atoms with E-state index in [4.69, 9.17) is 0 Å². The number of aliphatic hydroxyl groups excluding tert-OH is 3. The molecule has 0 aromatic heterocycles. The van der Waals surface area contributed by atoms with Gasteiger partial charge in [-0.05, 0) is 57.8 Å². The van der Waals surface area contributed by atoms with Gasteiger partial charge in [0.1, 0.15) is 0 Å². The number of nitrogens with one attached hydrogen (secondary N) is 1. The molecular weight excluding hydrogens is 558 g/mol. The topological polar surface area (TPSA) is 89.8 Å². The van der Waals surface area contributed by atoms with E-state index in [0.717, 1.165) is 44.9 Å². The molecule has 1 amide bonds. The van der Waals surface area contributed by atoms with Crippen LogP contribution in [-0.4, -0.2) is 46.1 Å². The third-order valence-corrected chi connectivity index (χ3v) is 8.65. The summed E-state index contributed by atoms with van der Waals surface area (Å²) in [7, 11) is 0. The second-order valence-electron chi connectivity index (χ2n) is 13.2. The van der Waals surface area contributed by atoms with E-state index >= 15 is 0 Å². The van der Waals surface area contributed by atoms with Crippen LogP contribution in [0.1, 0.15) is 187 Å². The zero-order chi connectivity index (χ0) is 33.1. The number of carbonyl (C=O) groups excluding carboxylic acids is 1. The lowest BCUT2D eigenvalue weighted by Crippen LogP contribution is -2.45. The Morgan fingerprint density at radius 1 is 0.556 bits per heavy atom. The van der Waals surface area contributed by atoms with E-state index in [1.165, 1.54) is 116 Å². The van der Waals surface area contributed by atoms with Crippen LogP contribution in [0.2, 0.25) is 0 Å². The van der Waals surface area contributed by atoms with Crippen LogP contribution in [0.5, 0.6) is 0 Å². The first-order valence-corrected chi connectivity index (χ1v) is 19.3. The number of allylic oxidation sites excluding steroid dienone is 5. The highest BCUT2D eigenvalue weighted by molar-refractivity contribution is 5.76. The lowest BCUT2D eigenvalue weighted by molar-refractivity contribution is -0.124. The Bertz CT molecular complexity index is 704. The Morgan fingerprint density at radius 3 is 1.44 bits per heavy atom. The zero-order valence-electron chi connectivity index (χ0n) is 29.7. The van der Waals surface area contributed by atoms with E-state index in [9.17, 15) is 20.1 Å². The summed E-state index contributed by atoms with van der Waals surface area (Å²) < 4.78 is 0. The summed E-state index contributed by atoms with van der Waals surface area (Å²) in [5, 5.41) is 33.0. The van der Waals surface area contributed by atoms with Gasteiger partial charge in [0.2, 0.25) is 5.91 Å². The molecule has 0 saturated heterocycles. The molecule has 0 aliphatic carbocycles. The molecule has 264 valence electrons. The SMILES string of the molecule is CCCCCC/C=C/CC/C=C/C(O)C(CO)NC(=O)CC(O)CCCCCCC/C=C\CCCCCCCCCCCCC. The molecule has 0 aliphatic rings. The number of hydrogen-bond acceptors (Lipinski definition) is 4. The van der Waals surface area contributed by atoms with Crippen molar-refractivity contribution in [2.75, 3.05) is 6.61 Å². The monoisotopic (exact) mass is 634 g/mol. The summed E-state index contributed by atoms with van der Waals surface area (Å²) in [4.78, 5) is 12.3. The van der Waals surface area contributed by atoms with Gasteiger partial charge >= 0.3 is 0 Å². The Morgan fingerprint density at radius 2 is 0.956 bits per heavy atom. The predicted octanol–water partition coefficient (Wildman–Crippen LogP) is 10.4. The molecule has 0 rings (SSSR count). The summed E-state index contributed by atoms with van der Waals surface area (Å²) in [6, 6.07) is -0.760. The number of unbranched alkanes of at least 4 members (excludes halogenated alkanes) is 21. The van der Waals surface area contributed by atoms with Crippen molar-refractivity contribution in [1.82, 2.24) is 5.32 Å². The standard InChI is InChI=1S/C40H75NO4/c1-3-5-7-9-11-13-15-16-17-18-19-20-21-22-23-24-25-27-29-31-33-37(43)35-40(45)41-38(36-42)39(44)34-32-30-28-26-14-12-10-8-6-4-2/h14,21-22,26,32,34,37-39,42-44H,3-13,15-20,23-25,27-31,33,35-36H2,1-2H3,(H,41,45)/b22-21-,26-14+,34-32+. The molecule has 4 N–H and O–H groups in total. The Hall–Kier alpha value is -1.43. The van der Waals surface area contributed by atoms with Gasteiger partial charge in [-0.3, -0.25) is 4.79 Å². The molecule has 0 bridgehead atoms. The highest BCUT2D eigenvalue weighted by Crippen LogP contribution is 2.14. The van der Waals surface area contributed by atoms with Gasteiger partial charge in [-0.2, -0.15) is 0 Å². The fraction of sp³-hybridized carbons (Fsp3) is 0.825. The minimum absolute atomic E-state index is 0.0000945. The predicted molar refractivity (Wildman–Crippen MR) is 194 cm³/mol. The molecule has 45 heavy (non-hydrogen) atoms. The van der Waals surface area contributed by atoms with Crippen molar-refractivity contribution in [2.24, 2.45) is 0 Å². The van der Waals surface area contributed by atoms with Crippen molar-refractivity contribution in [1.29, 1.82) is 0 Å². The third-order valence-electron chi connectivity index (χ3n) is 8.65. The van der Waals surface area contributed by atoms with Gasteiger partial charge < -0.3 is 20.6 Å². The van der Waals surface area contributed by atoms with E-state index in [1.54, 1.807) is 6.08 Å². The van der Waals surface area contributed by atoms with Crippen molar-refractivity contribution in [3.8, 4) is 0 Å². The van der Waals surface area contributed by atoms with Crippen LogP contribution in [-0.2, 0) is 4.79 Å². The van der Waals surface area contributed by atoms with Gasteiger partial charge in [0.25, 0.3) is 0 Å². The van der Waals surface area contributed by atoms with Gasteiger partial charge in [0.15, 0.2) is 0 Å². The first kappa shape index (κ1) is 43.6. The molecule has 0 saturated carbocycles. The maximum atomic E-state index is 12.3. The maximum absolute atomic E-state index is 12.3. The number of hydrogen-bond donors (Lipinski definition) is 4. The van der Waals surface area contributed by atoms with Crippen molar-refractivity contribution >= 4 is 5.91 Å². The highest BCUT2D eigenvalue weighted by atomic mass is 16.3. The summed E-state index contributed by atoms with van der Waals surface area (Å²) in [5.41, 5.74) is 0. The van der Waals surface area contributed by atoms with E-state index in [0.29, 0.717) is 6.42 Å². The Labute approximate surface area is 279 Å². The summed E-state index contributed by atoms with van der Waals surface area (Å²) in [5.74, 6) is -0.333. The molecule has 3 atom stereocenters. The quantitative estimate of drug-likeness (QED) is 0.0419. The van der Waals surface area contributed by atoms with Gasteiger partial charge in [-0.1, -0.05) is 159 Å². The summed E-state index contributed by atoms with van der Waals surface area (Å²) in [6.45, 7) is 4.15. The molecule has 0 fully saturated rings. The van der Waals surface area contributed by atoms with E-state index in [-0.39, 0.29) is 18.9 Å². The van der Waals surface area contributed by atoms with Crippen LogP contribution >= 0.6 is 0 Å². The second kappa shape index (κ2) is 35.4. The summed E-state index contributed by atoms with van der Waals surface area (Å²) >= 11 is 0. The van der Waals surface area contributed by atoms with Gasteiger partial charge in [0.05, 0.1) is 31.3 Å². The van der Waals surface area contributed by atoms with Crippen LogP contribution in [0.3, 0.4) is 0 Å². The number of amides is 1. The average Bonchev–Trinajstić information content (AvgIpc) is 3.03. The van der Waals surface area contributed by atoms with E-state index in [1.807, 2.05) is 6.08 Å². The maximum Gasteiger partial charge on any atom is 0.222 e. The first-order chi connectivity index (χ1) is 22.0. The molecule has 5 heteroatoms. The van der Waals surface area contributed by atoms with E-state index in [2.05, 4.69) is 43.5 Å². The molecular formula is C40H75NO4. The van der Waals surface area contributed by atoms with Crippen LogP contribution in [0.4, 0.5) is 0 Å². The van der Waals surface area contributed by atoms with Gasteiger partial charge in [-0.25, -0.2) is 0 Å². The molecule has 0 radical (unpaired) electrons. The van der Waals surface area contributed by atoms with Crippen LogP contribution in [0.15, 0.2) is 36.5 Å². The minimum atomic E-state index is -0.950. The zero-order valence-corrected chi connectivity index (χ0v) is 29.7. The van der Waals surface area contributed by atoms with Gasteiger partial charge in [-0.15, -0.1) is 0 Å². The molecule has 0 aromatic carbocycles. The fourth-order valence-corrected chi connectivity index (χ4v) is 5.64. The van der Waals surface area contributed by atoms with Crippen LogP contribution in [0.25, 0.3) is 0 Å². The third kappa shape index (κ3) is 32.3. The molecule has 3 unspecified atom stereocenters. The molecule has 0 aliphatic heterocycles. The van der Waals surface area contributed by atoms with E-state index < -0.39 is 18.2 Å². The summed E-state index contributed by atoms with van der Waals surface area (Å²) in [6.07, 6.45) is 42.8. The molecule has 5 nitrogen and oxygen atoms in total. The van der Waals surface area contributed by atoms with Crippen molar-refractivity contribution in [2.45, 2.75) is 205 Å². The average molecular weight is 634 g/mol. The number of rotatable bonds is 34. The van der Waals surface area contributed by atoms with Gasteiger partial charge in [0, 0.05) is 0 Å². The number of aliphatic hydroxyl groups is 3. The normalized spacial score (nSPS) is 14.2. The van der Waals surface area contributed by atoms with Crippen LogP contribution in [0, 0.1) is 0 Å². The first-order valence-electron chi connectivity index (χ1n) is 19.3. The second-order valence-corrected chi connectivity index (χ2v) is 13.2. The fourth-order valence-electron chi connectivity index (χ4n) is 5.64. The number of carbonyl (C=O) groups is 1. The smallest absolute Gasteiger partial charge is 0.222 e. The molecule has 0 spiro atoms. The largest absolute Gasteiger partial charge is 0.394 e.